The average molecular weight is 322 g/mol. The normalized spacial score (nSPS) is 10.4. The Hall–Kier alpha value is -3.15. The number of hydrogen-bond donors (Lipinski definition) is 2. The Kier molecular flexibility index (Phi) is 4.56. The van der Waals surface area contributed by atoms with E-state index in [0.717, 1.165) is 16.5 Å². The van der Waals surface area contributed by atoms with E-state index in [4.69, 9.17) is 4.74 Å². The van der Waals surface area contributed by atoms with Gasteiger partial charge in [0, 0.05) is 17.8 Å². The van der Waals surface area contributed by atoms with E-state index in [1.54, 1.807) is 18.5 Å². The van der Waals surface area contributed by atoms with Gasteiger partial charge in [-0.25, -0.2) is 9.78 Å². The highest BCUT2D eigenvalue weighted by molar-refractivity contribution is 6.01. The van der Waals surface area contributed by atoms with Gasteiger partial charge in [0.2, 0.25) is 0 Å². The van der Waals surface area contributed by atoms with Crippen LogP contribution < -0.4 is 15.4 Å². The lowest BCUT2D eigenvalue weighted by Crippen LogP contribution is -2.21. The number of hydrogen-bond acceptors (Lipinski definition) is 4. The molecule has 3 aromatic rings. The number of carbonyl (C=O) groups excluding carboxylic acids is 1. The van der Waals surface area contributed by atoms with E-state index < -0.39 is 0 Å². The van der Waals surface area contributed by atoms with Crippen molar-refractivity contribution in [3.8, 4) is 5.75 Å². The summed E-state index contributed by atoms with van der Waals surface area (Å²) in [6.07, 6.45) is 3.42. The van der Waals surface area contributed by atoms with Crippen molar-refractivity contribution in [2.75, 3.05) is 17.2 Å². The first kappa shape index (κ1) is 15.7. The molecule has 0 fully saturated rings. The Morgan fingerprint density at radius 1 is 1.21 bits per heavy atom. The van der Waals surface area contributed by atoms with Crippen LogP contribution in [0.5, 0.6) is 5.75 Å². The van der Waals surface area contributed by atoms with Crippen molar-refractivity contribution in [1.82, 2.24) is 9.97 Å². The first-order valence-electron chi connectivity index (χ1n) is 7.68. The standard InChI is InChI=1S/C18H18N4O2/c1-3-24-16-7-5-4-6-15(16)21-18(23)22-17-12(2)10-13-11-19-9-8-14(13)20-17/h4-11H,3H2,1-2H3,(H2,20,21,22,23). The number of para-hydroxylation sites is 2. The van der Waals surface area contributed by atoms with E-state index >= 15 is 0 Å². The highest BCUT2D eigenvalue weighted by Gasteiger charge is 2.10. The van der Waals surface area contributed by atoms with E-state index in [2.05, 4.69) is 20.6 Å². The number of aryl methyl sites for hydroxylation is 1. The van der Waals surface area contributed by atoms with Crippen LogP contribution in [0.4, 0.5) is 16.3 Å². The van der Waals surface area contributed by atoms with Crippen LogP contribution in [0.3, 0.4) is 0 Å². The summed E-state index contributed by atoms with van der Waals surface area (Å²) in [5, 5.41) is 6.51. The van der Waals surface area contributed by atoms with Gasteiger partial charge in [0.1, 0.15) is 11.6 Å². The first-order chi connectivity index (χ1) is 11.7. The van der Waals surface area contributed by atoms with Crippen molar-refractivity contribution in [3.05, 3.63) is 54.4 Å². The first-order valence-corrected chi connectivity index (χ1v) is 7.68. The number of rotatable bonds is 4. The molecule has 2 amide bonds. The number of amides is 2. The topological polar surface area (TPSA) is 76.1 Å². The number of nitrogens with one attached hydrogen (secondary N) is 2. The number of carbonyl (C=O) groups is 1. The predicted molar refractivity (Wildman–Crippen MR) is 94.5 cm³/mol. The van der Waals surface area contributed by atoms with Gasteiger partial charge in [-0.3, -0.25) is 10.3 Å². The lowest BCUT2D eigenvalue weighted by molar-refractivity contribution is 0.262. The third-order valence-electron chi connectivity index (χ3n) is 3.47. The summed E-state index contributed by atoms with van der Waals surface area (Å²) in [5.41, 5.74) is 2.25. The molecule has 0 aliphatic rings. The SMILES string of the molecule is CCOc1ccccc1NC(=O)Nc1nc2ccncc2cc1C. The monoisotopic (exact) mass is 322 g/mol. The number of aromatic nitrogens is 2. The van der Waals surface area contributed by atoms with E-state index in [0.29, 0.717) is 23.9 Å². The summed E-state index contributed by atoms with van der Waals surface area (Å²) in [4.78, 5) is 20.8. The van der Waals surface area contributed by atoms with Crippen LogP contribution in [0.1, 0.15) is 12.5 Å². The molecule has 0 saturated heterocycles. The van der Waals surface area contributed by atoms with Crippen LogP contribution in [0, 0.1) is 6.92 Å². The number of urea groups is 1. The molecule has 3 rings (SSSR count). The number of pyridine rings is 2. The number of fused-ring (bicyclic) bond motifs is 1. The fourth-order valence-corrected chi connectivity index (χ4v) is 2.36. The highest BCUT2D eigenvalue weighted by Crippen LogP contribution is 2.24. The molecule has 2 heterocycles. The Labute approximate surface area is 139 Å². The van der Waals surface area contributed by atoms with Crippen LogP contribution in [-0.4, -0.2) is 22.6 Å². The number of nitrogens with zero attached hydrogens (tertiary/aromatic N) is 2. The van der Waals surface area contributed by atoms with E-state index in [1.165, 1.54) is 0 Å². The van der Waals surface area contributed by atoms with Gasteiger partial charge in [0.15, 0.2) is 0 Å². The maximum Gasteiger partial charge on any atom is 0.324 e. The molecule has 6 nitrogen and oxygen atoms in total. The largest absolute Gasteiger partial charge is 0.492 e. The van der Waals surface area contributed by atoms with E-state index in [9.17, 15) is 4.79 Å². The van der Waals surface area contributed by atoms with Crippen LogP contribution in [0.2, 0.25) is 0 Å². The van der Waals surface area contributed by atoms with E-state index in [-0.39, 0.29) is 6.03 Å². The minimum atomic E-state index is -0.369. The molecule has 0 saturated carbocycles. The van der Waals surface area contributed by atoms with Gasteiger partial charge in [-0.15, -0.1) is 0 Å². The lowest BCUT2D eigenvalue weighted by atomic mass is 10.2. The molecule has 0 unspecified atom stereocenters. The molecule has 122 valence electrons. The Morgan fingerprint density at radius 2 is 2.04 bits per heavy atom. The molecule has 0 aliphatic heterocycles. The highest BCUT2D eigenvalue weighted by atomic mass is 16.5. The average Bonchev–Trinajstić information content (AvgIpc) is 2.57. The van der Waals surface area contributed by atoms with Gasteiger partial charge < -0.3 is 10.1 Å². The minimum Gasteiger partial charge on any atom is -0.492 e. The predicted octanol–water partition coefficient (Wildman–Crippen LogP) is 3.98. The summed E-state index contributed by atoms with van der Waals surface area (Å²) in [6, 6.07) is 10.7. The fraction of sp³-hybridized carbons (Fsp3) is 0.167. The maximum atomic E-state index is 12.3. The van der Waals surface area contributed by atoms with Crippen LogP contribution in [0.25, 0.3) is 10.9 Å². The van der Waals surface area contributed by atoms with Crippen LogP contribution in [0.15, 0.2) is 48.8 Å². The molecular weight excluding hydrogens is 304 g/mol. The smallest absolute Gasteiger partial charge is 0.324 e. The van der Waals surface area contributed by atoms with Gasteiger partial charge in [-0.2, -0.15) is 0 Å². The van der Waals surface area contributed by atoms with Crippen molar-refractivity contribution in [1.29, 1.82) is 0 Å². The van der Waals surface area contributed by atoms with Crippen molar-refractivity contribution < 1.29 is 9.53 Å². The second-order valence-corrected chi connectivity index (χ2v) is 5.23. The van der Waals surface area contributed by atoms with Crippen LogP contribution in [-0.2, 0) is 0 Å². The quantitative estimate of drug-likeness (QED) is 0.761. The zero-order valence-corrected chi connectivity index (χ0v) is 13.5. The van der Waals surface area contributed by atoms with E-state index in [1.807, 2.05) is 44.2 Å². The molecule has 0 bridgehead atoms. The Bertz CT molecular complexity index is 880. The molecule has 24 heavy (non-hydrogen) atoms. The third kappa shape index (κ3) is 3.43. The summed E-state index contributed by atoms with van der Waals surface area (Å²) in [5.74, 6) is 1.14. The van der Waals surface area contributed by atoms with Gasteiger partial charge in [-0.1, -0.05) is 12.1 Å². The minimum absolute atomic E-state index is 0.369. The second kappa shape index (κ2) is 6.95. The molecule has 6 heteroatoms. The molecule has 0 radical (unpaired) electrons. The summed E-state index contributed by atoms with van der Waals surface area (Å²) < 4.78 is 5.50. The number of benzene rings is 1. The Balaban J connectivity index is 1.79. The van der Waals surface area contributed by atoms with Crippen molar-refractivity contribution >= 4 is 28.4 Å². The van der Waals surface area contributed by atoms with Crippen molar-refractivity contribution in [2.24, 2.45) is 0 Å². The molecule has 2 N–H and O–H groups in total. The second-order valence-electron chi connectivity index (χ2n) is 5.23. The zero-order valence-electron chi connectivity index (χ0n) is 13.5. The third-order valence-corrected chi connectivity index (χ3v) is 3.47. The van der Waals surface area contributed by atoms with Crippen molar-refractivity contribution in [2.45, 2.75) is 13.8 Å². The van der Waals surface area contributed by atoms with Crippen molar-refractivity contribution in [3.63, 3.8) is 0 Å². The van der Waals surface area contributed by atoms with Gasteiger partial charge >= 0.3 is 6.03 Å². The fourth-order valence-electron chi connectivity index (χ4n) is 2.36. The molecule has 0 atom stereocenters. The summed E-state index contributed by atoms with van der Waals surface area (Å²) in [7, 11) is 0. The zero-order chi connectivity index (χ0) is 16.9. The van der Waals surface area contributed by atoms with Gasteiger partial charge in [-0.05, 0) is 43.7 Å². The number of ether oxygens (including phenoxy) is 1. The Morgan fingerprint density at radius 3 is 2.88 bits per heavy atom. The molecule has 1 aromatic carbocycles. The molecule has 0 spiro atoms. The number of anilines is 2. The molecular formula is C18H18N4O2. The molecule has 2 aromatic heterocycles. The summed E-state index contributed by atoms with van der Waals surface area (Å²) in [6.45, 7) is 4.32. The van der Waals surface area contributed by atoms with Gasteiger partial charge in [0.05, 0.1) is 17.8 Å². The van der Waals surface area contributed by atoms with Crippen LogP contribution >= 0.6 is 0 Å². The molecule has 0 aliphatic carbocycles. The summed E-state index contributed by atoms with van der Waals surface area (Å²) >= 11 is 0. The lowest BCUT2D eigenvalue weighted by Gasteiger charge is -2.13. The van der Waals surface area contributed by atoms with Gasteiger partial charge in [0.25, 0.3) is 0 Å². The maximum absolute atomic E-state index is 12.3.